The largest absolute Gasteiger partial charge is 0.459 e. The zero-order chi connectivity index (χ0) is 8.27. The lowest BCUT2D eigenvalue weighted by Gasteiger charge is -1.95. The van der Waals surface area contributed by atoms with E-state index in [2.05, 4.69) is 27.8 Å². The first kappa shape index (κ1) is 8.51. The fraction of sp³-hybridized carbons (Fsp3) is 0.333. The average molecular weight is 266 g/mol. The molecule has 0 amide bonds. The Morgan fingerprint density at radius 3 is 3.09 bits per heavy atom. The first-order chi connectivity index (χ1) is 5.18. The van der Waals surface area contributed by atoms with Gasteiger partial charge in [0.2, 0.25) is 0 Å². The third-order valence-corrected chi connectivity index (χ3v) is 1.56. The molecule has 0 aliphatic carbocycles. The third kappa shape index (κ3) is 2.87. The molecule has 0 bridgehead atoms. The van der Waals surface area contributed by atoms with E-state index in [0.717, 1.165) is 5.69 Å². The van der Waals surface area contributed by atoms with Gasteiger partial charge in [0.15, 0.2) is 0 Å². The van der Waals surface area contributed by atoms with E-state index in [0.29, 0.717) is 0 Å². The highest BCUT2D eigenvalue weighted by atomic mass is 127. The van der Waals surface area contributed by atoms with Gasteiger partial charge in [-0.2, -0.15) is 0 Å². The first-order valence-corrected chi connectivity index (χ1v) is 3.97. The molecule has 0 aliphatic rings. The molecule has 0 atom stereocenters. The summed E-state index contributed by atoms with van der Waals surface area (Å²) in [6.45, 7) is 1.63. The number of halogens is 1. The zero-order valence-corrected chi connectivity index (χ0v) is 8.11. The molecular formula is C6H7IN2O2. The van der Waals surface area contributed by atoms with Gasteiger partial charge in [-0.15, -0.1) is 0 Å². The highest BCUT2D eigenvalue weighted by molar-refractivity contribution is 14.1. The summed E-state index contributed by atoms with van der Waals surface area (Å²) in [6.07, 6.45) is 3.45. The molecule has 0 spiro atoms. The minimum Gasteiger partial charge on any atom is -0.459 e. The molecule has 0 unspecified atom stereocenters. The van der Waals surface area contributed by atoms with Crippen LogP contribution in [0.4, 0.5) is 0 Å². The number of hydrogen-bond acceptors (Lipinski definition) is 3. The van der Waals surface area contributed by atoms with E-state index in [9.17, 15) is 4.79 Å². The van der Waals surface area contributed by atoms with Crippen molar-refractivity contribution in [1.82, 2.24) is 7.76 Å². The maximum absolute atomic E-state index is 10.4. The Morgan fingerprint density at radius 1 is 1.91 bits per heavy atom. The van der Waals surface area contributed by atoms with Gasteiger partial charge < -0.3 is 4.74 Å². The fourth-order valence-corrected chi connectivity index (χ4v) is 1.03. The van der Waals surface area contributed by atoms with Gasteiger partial charge in [-0.1, -0.05) is 0 Å². The average Bonchev–Trinajstić information content (AvgIpc) is 2.31. The van der Waals surface area contributed by atoms with Gasteiger partial charge in [0.25, 0.3) is 0 Å². The normalized spacial score (nSPS) is 9.64. The van der Waals surface area contributed by atoms with E-state index in [1.54, 1.807) is 15.3 Å². The first-order valence-electron chi connectivity index (χ1n) is 3.01. The highest BCUT2D eigenvalue weighted by Gasteiger charge is 1.98. The number of imidazole rings is 1. The van der Waals surface area contributed by atoms with Crippen molar-refractivity contribution in [3.05, 3.63) is 18.2 Å². The number of nitrogens with zero attached hydrogens (tertiary/aromatic N) is 2. The number of carbonyl (C=O) groups excluding carboxylic acids is 1. The maximum Gasteiger partial charge on any atom is 0.303 e. The minimum atomic E-state index is -0.284. The van der Waals surface area contributed by atoms with E-state index in [1.807, 2.05) is 0 Å². The van der Waals surface area contributed by atoms with Crippen molar-refractivity contribution in [1.29, 1.82) is 0 Å². The van der Waals surface area contributed by atoms with Crippen LogP contribution < -0.4 is 0 Å². The second-order valence-electron chi connectivity index (χ2n) is 1.99. The van der Waals surface area contributed by atoms with Crippen LogP contribution >= 0.6 is 22.9 Å². The Morgan fingerprint density at radius 2 is 2.64 bits per heavy atom. The van der Waals surface area contributed by atoms with Crippen LogP contribution in [-0.2, 0) is 16.1 Å². The SMILES string of the molecule is CC(=O)OCc1cn(I)cn1. The van der Waals surface area contributed by atoms with Crippen molar-refractivity contribution in [3.63, 3.8) is 0 Å². The summed E-state index contributed by atoms with van der Waals surface area (Å²) in [5.74, 6) is -0.284. The van der Waals surface area contributed by atoms with E-state index >= 15 is 0 Å². The third-order valence-electron chi connectivity index (χ3n) is 1.03. The van der Waals surface area contributed by atoms with Crippen LogP contribution in [0.15, 0.2) is 12.5 Å². The van der Waals surface area contributed by atoms with E-state index in [4.69, 9.17) is 4.74 Å². The maximum atomic E-state index is 10.4. The van der Waals surface area contributed by atoms with Gasteiger partial charge in [0, 0.05) is 13.1 Å². The van der Waals surface area contributed by atoms with E-state index in [-0.39, 0.29) is 12.6 Å². The monoisotopic (exact) mass is 266 g/mol. The summed E-state index contributed by atoms with van der Waals surface area (Å²) in [4.78, 5) is 14.3. The standard InChI is InChI=1S/C6H7IN2O2/c1-5(10)11-3-6-2-9(7)4-8-6/h2,4H,3H2,1H3. The van der Waals surface area contributed by atoms with Gasteiger partial charge in [-0.3, -0.25) is 7.58 Å². The Hall–Kier alpha value is -0.590. The van der Waals surface area contributed by atoms with Crippen LogP contribution in [-0.4, -0.2) is 13.7 Å². The molecule has 0 saturated carbocycles. The summed E-state index contributed by atoms with van der Waals surface area (Å²) in [6, 6.07) is 0. The van der Waals surface area contributed by atoms with E-state index in [1.165, 1.54) is 6.92 Å². The molecule has 0 N–H and O–H groups in total. The number of esters is 1. The topological polar surface area (TPSA) is 44.1 Å². The number of aromatic nitrogens is 2. The lowest BCUT2D eigenvalue weighted by atomic mass is 10.5. The van der Waals surface area contributed by atoms with Crippen molar-refractivity contribution < 1.29 is 9.53 Å². The fourth-order valence-electron chi connectivity index (χ4n) is 0.588. The van der Waals surface area contributed by atoms with Crippen molar-refractivity contribution in [2.75, 3.05) is 0 Å². The van der Waals surface area contributed by atoms with Crippen molar-refractivity contribution in [2.45, 2.75) is 13.5 Å². The molecule has 0 radical (unpaired) electrons. The molecule has 1 aromatic rings. The highest BCUT2D eigenvalue weighted by Crippen LogP contribution is 2.01. The predicted octanol–water partition coefficient (Wildman–Crippen LogP) is 1.14. The molecule has 4 nitrogen and oxygen atoms in total. The summed E-state index contributed by atoms with van der Waals surface area (Å²) < 4.78 is 6.50. The van der Waals surface area contributed by atoms with Gasteiger partial charge in [-0.25, -0.2) is 4.98 Å². The molecule has 0 aromatic carbocycles. The molecule has 1 rings (SSSR count). The zero-order valence-electron chi connectivity index (χ0n) is 5.95. The molecule has 5 heteroatoms. The second kappa shape index (κ2) is 3.70. The lowest BCUT2D eigenvalue weighted by Crippen LogP contribution is -1.98. The van der Waals surface area contributed by atoms with Gasteiger partial charge >= 0.3 is 5.97 Å². The summed E-state index contributed by atoms with van der Waals surface area (Å²) in [5, 5.41) is 0. The Kier molecular flexibility index (Phi) is 2.86. The van der Waals surface area contributed by atoms with Gasteiger partial charge in [0.05, 0.1) is 28.6 Å². The van der Waals surface area contributed by atoms with Crippen LogP contribution in [0, 0.1) is 0 Å². The minimum absolute atomic E-state index is 0.255. The molecular weight excluding hydrogens is 259 g/mol. The predicted molar refractivity (Wildman–Crippen MR) is 47.1 cm³/mol. The van der Waals surface area contributed by atoms with Gasteiger partial charge in [-0.05, 0) is 0 Å². The molecule has 1 heterocycles. The molecule has 1 aromatic heterocycles. The van der Waals surface area contributed by atoms with Crippen LogP contribution in [0.3, 0.4) is 0 Å². The quantitative estimate of drug-likeness (QED) is 0.595. The van der Waals surface area contributed by atoms with E-state index < -0.39 is 0 Å². The summed E-state index contributed by atoms with van der Waals surface area (Å²) >= 11 is 2.07. The van der Waals surface area contributed by atoms with Crippen LogP contribution in [0.25, 0.3) is 0 Å². The summed E-state index contributed by atoms with van der Waals surface area (Å²) in [5.41, 5.74) is 0.759. The van der Waals surface area contributed by atoms with Crippen molar-refractivity contribution in [3.8, 4) is 0 Å². The number of carbonyl (C=O) groups is 1. The Bertz CT molecular complexity index is 259. The van der Waals surface area contributed by atoms with Crippen molar-refractivity contribution >= 4 is 28.8 Å². The molecule has 0 aliphatic heterocycles. The molecule has 60 valence electrons. The summed E-state index contributed by atoms with van der Waals surface area (Å²) in [7, 11) is 0. The van der Waals surface area contributed by atoms with Crippen LogP contribution in [0.1, 0.15) is 12.6 Å². The Labute approximate surface area is 78.1 Å². The lowest BCUT2D eigenvalue weighted by molar-refractivity contribution is -0.142. The molecule has 0 fully saturated rings. The Balaban J connectivity index is 2.45. The van der Waals surface area contributed by atoms with Gasteiger partial charge in [0.1, 0.15) is 12.9 Å². The number of rotatable bonds is 2. The molecule has 11 heavy (non-hydrogen) atoms. The smallest absolute Gasteiger partial charge is 0.303 e. The number of hydrogen-bond donors (Lipinski definition) is 0. The molecule has 0 saturated heterocycles. The second-order valence-corrected chi connectivity index (χ2v) is 3.10. The number of ether oxygens (including phenoxy) is 1. The van der Waals surface area contributed by atoms with Crippen LogP contribution in [0.2, 0.25) is 0 Å². The van der Waals surface area contributed by atoms with Crippen molar-refractivity contribution in [2.24, 2.45) is 0 Å². The van der Waals surface area contributed by atoms with Crippen LogP contribution in [0.5, 0.6) is 0 Å².